The van der Waals surface area contributed by atoms with Crippen LogP contribution >= 0.6 is 11.6 Å². The van der Waals surface area contributed by atoms with E-state index in [1.807, 2.05) is 12.1 Å². The number of benzene rings is 2. The summed E-state index contributed by atoms with van der Waals surface area (Å²) < 4.78 is 5.23. The molecule has 0 atom stereocenters. The Hall–Kier alpha value is -2.20. The molecule has 2 rings (SSSR count). The van der Waals surface area contributed by atoms with Crippen LogP contribution in [0.4, 0.5) is 5.69 Å². The van der Waals surface area contributed by atoms with Gasteiger partial charge in [-0.3, -0.25) is 4.79 Å². The summed E-state index contributed by atoms with van der Waals surface area (Å²) in [5, 5.41) is 6.54. The molecule has 5 heteroatoms. The van der Waals surface area contributed by atoms with Gasteiger partial charge in [0.1, 0.15) is 5.75 Å². The summed E-state index contributed by atoms with van der Waals surface area (Å²) >= 11 is 5.96. The summed E-state index contributed by atoms with van der Waals surface area (Å²) in [6.45, 7) is 2.85. The molecule has 0 radical (unpaired) electrons. The topological polar surface area (TPSA) is 50.4 Å². The number of hydrogen-bond acceptors (Lipinski definition) is 3. The molecule has 23 heavy (non-hydrogen) atoms. The number of ether oxygens (including phenoxy) is 1. The maximum Gasteiger partial charge on any atom is 0.239 e. The van der Waals surface area contributed by atoms with Crippen LogP contribution in [0.25, 0.3) is 0 Å². The number of methoxy groups -OCH3 is 1. The zero-order valence-electron chi connectivity index (χ0n) is 13.4. The predicted octanol–water partition coefficient (Wildman–Crippen LogP) is 3.43. The third kappa shape index (κ3) is 5.18. The summed E-state index contributed by atoms with van der Waals surface area (Å²) in [6, 6.07) is 13.4. The van der Waals surface area contributed by atoms with Gasteiger partial charge in [0.25, 0.3) is 0 Å². The minimum absolute atomic E-state index is 0.0689. The van der Waals surface area contributed by atoms with Crippen LogP contribution in [0.3, 0.4) is 0 Å². The Morgan fingerprint density at radius 1 is 1.22 bits per heavy atom. The number of carbonyl (C=O) groups is 1. The molecular formula is C18H21ClN2O2. The lowest BCUT2D eigenvalue weighted by atomic mass is 10.1. The van der Waals surface area contributed by atoms with E-state index in [1.165, 1.54) is 11.1 Å². The highest BCUT2D eigenvalue weighted by Gasteiger charge is 2.06. The lowest BCUT2D eigenvalue weighted by Crippen LogP contribution is -2.31. The first-order valence-electron chi connectivity index (χ1n) is 7.49. The first-order chi connectivity index (χ1) is 11.1. The molecule has 0 unspecified atom stereocenters. The highest BCUT2D eigenvalue weighted by Crippen LogP contribution is 2.27. The highest BCUT2D eigenvalue weighted by molar-refractivity contribution is 6.30. The van der Waals surface area contributed by atoms with Crippen LogP contribution in [0.15, 0.2) is 42.5 Å². The minimum atomic E-state index is -0.0689. The number of anilines is 1. The van der Waals surface area contributed by atoms with Gasteiger partial charge in [-0.25, -0.2) is 0 Å². The van der Waals surface area contributed by atoms with Gasteiger partial charge in [-0.1, -0.05) is 35.9 Å². The summed E-state index contributed by atoms with van der Waals surface area (Å²) in [7, 11) is 1.58. The molecular weight excluding hydrogens is 312 g/mol. The molecule has 0 fully saturated rings. The second kappa shape index (κ2) is 8.44. The Morgan fingerprint density at radius 3 is 2.74 bits per heavy atom. The van der Waals surface area contributed by atoms with E-state index >= 15 is 0 Å². The fourth-order valence-corrected chi connectivity index (χ4v) is 2.46. The molecule has 4 nitrogen and oxygen atoms in total. The van der Waals surface area contributed by atoms with Gasteiger partial charge in [0.15, 0.2) is 0 Å². The van der Waals surface area contributed by atoms with E-state index < -0.39 is 0 Å². The number of carbonyl (C=O) groups excluding carboxylic acids is 1. The lowest BCUT2D eigenvalue weighted by Gasteiger charge is -2.12. The van der Waals surface area contributed by atoms with Gasteiger partial charge in [0.05, 0.1) is 19.3 Å². The summed E-state index contributed by atoms with van der Waals surface area (Å²) in [5.74, 6) is 0.586. The molecule has 2 N–H and O–H groups in total. The van der Waals surface area contributed by atoms with Crippen molar-refractivity contribution in [1.29, 1.82) is 0 Å². The Morgan fingerprint density at radius 2 is 2.00 bits per heavy atom. The second-order valence-corrected chi connectivity index (χ2v) is 5.66. The Labute approximate surface area is 141 Å². The quantitative estimate of drug-likeness (QED) is 0.816. The summed E-state index contributed by atoms with van der Waals surface area (Å²) in [5.41, 5.74) is 3.19. The lowest BCUT2D eigenvalue weighted by molar-refractivity contribution is -0.119. The standard InChI is InChI=1S/C18H21ClN2O2/c1-13-5-3-4-6-14(13)9-10-20-18(22)12-21-16-11-15(19)7-8-17(16)23-2/h3-8,11,21H,9-10,12H2,1-2H3,(H,20,22). The molecule has 0 spiro atoms. The van der Waals surface area contributed by atoms with Crippen molar-refractivity contribution in [1.82, 2.24) is 5.32 Å². The van der Waals surface area contributed by atoms with Gasteiger partial charge < -0.3 is 15.4 Å². The zero-order chi connectivity index (χ0) is 16.7. The summed E-state index contributed by atoms with van der Waals surface area (Å²) in [4.78, 5) is 11.9. The van der Waals surface area contributed by atoms with Crippen LogP contribution in [0.5, 0.6) is 5.75 Å². The number of halogens is 1. The van der Waals surface area contributed by atoms with Crippen molar-refractivity contribution in [3.05, 3.63) is 58.6 Å². The van der Waals surface area contributed by atoms with Crippen LogP contribution in [0.2, 0.25) is 5.02 Å². The maximum absolute atomic E-state index is 11.9. The van der Waals surface area contributed by atoms with E-state index in [2.05, 4.69) is 29.7 Å². The number of amides is 1. The molecule has 2 aromatic rings. The van der Waals surface area contributed by atoms with Crippen molar-refractivity contribution in [3.8, 4) is 5.75 Å². The van der Waals surface area contributed by atoms with Crippen LogP contribution in [0, 0.1) is 6.92 Å². The Balaban J connectivity index is 1.79. The fourth-order valence-electron chi connectivity index (χ4n) is 2.28. The van der Waals surface area contributed by atoms with Gasteiger partial charge in [0, 0.05) is 11.6 Å². The second-order valence-electron chi connectivity index (χ2n) is 5.22. The molecule has 2 aromatic carbocycles. The number of nitrogens with one attached hydrogen (secondary N) is 2. The van der Waals surface area contributed by atoms with Gasteiger partial charge in [-0.2, -0.15) is 0 Å². The molecule has 0 saturated heterocycles. The Kier molecular flexibility index (Phi) is 6.29. The molecule has 0 aliphatic heterocycles. The van der Waals surface area contributed by atoms with E-state index in [4.69, 9.17) is 16.3 Å². The largest absolute Gasteiger partial charge is 0.495 e. The first kappa shape index (κ1) is 17.2. The van der Waals surface area contributed by atoms with E-state index in [-0.39, 0.29) is 12.5 Å². The number of hydrogen-bond donors (Lipinski definition) is 2. The van der Waals surface area contributed by atoms with Gasteiger partial charge in [-0.05, 0) is 42.7 Å². The van der Waals surface area contributed by atoms with Gasteiger partial charge in [0.2, 0.25) is 5.91 Å². The normalized spacial score (nSPS) is 10.2. The molecule has 0 aliphatic carbocycles. The minimum Gasteiger partial charge on any atom is -0.495 e. The van der Waals surface area contributed by atoms with Crippen molar-refractivity contribution in [2.45, 2.75) is 13.3 Å². The summed E-state index contributed by atoms with van der Waals surface area (Å²) in [6.07, 6.45) is 0.818. The highest BCUT2D eigenvalue weighted by atomic mass is 35.5. The fraction of sp³-hybridized carbons (Fsp3) is 0.278. The SMILES string of the molecule is COc1ccc(Cl)cc1NCC(=O)NCCc1ccccc1C. The average Bonchev–Trinajstić information content (AvgIpc) is 2.55. The first-order valence-corrected chi connectivity index (χ1v) is 7.86. The third-order valence-corrected chi connectivity index (χ3v) is 3.81. The van der Waals surface area contributed by atoms with Crippen molar-refractivity contribution in [2.24, 2.45) is 0 Å². The molecule has 122 valence electrons. The molecule has 0 bridgehead atoms. The zero-order valence-corrected chi connectivity index (χ0v) is 14.1. The molecule has 0 heterocycles. The van der Waals surface area contributed by atoms with Crippen molar-refractivity contribution in [2.75, 3.05) is 25.5 Å². The van der Waals surface area contributed by atoms with Crippen LogP contribution in [-0.4, -0.2) is 26.1 Å². The van der Waals surface area contributed by atoms with E-state index in [0.717, 1.165) is 6.42 Å². The van der Waals surface area contributed by atoms with Crippen molar-refractivity contribution in [3.63, 3.8) is 0 Å². The van der Waals surface area contributed by atoms with Crippen LogP contribution in [0.1, 0.15) is 11.1 Å². The number of aryl methyl sites for hydroxylation is 1. The maximum atomic E-state index is 11.9. The monoisotopic (exact) mass is 332 g/mol. The van der Waals surface area contributed by atoms with E-state index in [0.29, 0.717) is 23.0 Å². The van der Waals surface area contributed by atoms with Crippen LogP contribution < -0.4 is 15.4 Å². The van der Waals surface area contributed by atoms with Crippen LogP contribution in [-0.2, 0) is 11.2 Å². The van der Waals surface area contributed by atoms with Crippen molar-refractivity contribution < 1.29 is 9.53 Å². The smallest absolute Gasteiger partial charge is 0.239 e. The van der Waals surface area contributed by atoms with E-state index in [1.54, 1.807) is 25.3 Å². The van der Waals surface area contributed by atoms with E-state index in [9.17, 15) is 4.79 Å². The van der Waals surface area contributed by atoms with Gasteiger partial charge in [-0.15, -0.1) is 0 Å². The third-order valence-electron chi connectivity index (χ3n) is 3.58. The van der Waals surface area contributed by atoms with Gasteiger partial charge >= 0.3 is 0 Å². The predicted molar refractivity (Wildman–Crippen MR) is 94.4 cm³/mol. The number of rotatable bonds is 7. The molecule has 0 saturated carbocycles. The van der Waals surface area contributed by atoms with Crippen molar-refractivity contribution >= 4 is 23.2 Å². The Bertz CT molecular complexity index is 674. The average molecular weight is 333 g/mol. The molecule has 1 amide bonds. The molecule has 0 aromatic heterocycles. The molecule has 0 aliphatic rings.